The fraction of sp³-hybridized carbons (Fsp3) is 0.935. The zero-order chi connectivity index (χ0) is 68.7. The van der Waals surface area contributed by atoms with Crippen LogP contribution in [0.1, 0.15) is 113 Å². The minimum Gasteiger partial charge on any atom is -0.726 e. The molecule has 0 bridgehead atoms. The topological polar surface area (TPSA) is 481 Å². The predicted octanol–water partition coefficient (Wildman–Crippen LogP) is -6.56. The maximum Gasteiger partial charge on any atom is 1.00 e. The van der Waals surface area contributed by atoms with Crippen molar-refractivity contribution >= 4 is 10.4 Å². The van der Waals surface area contributed by atoms with E-state index in [4.69, 9.17) is 61.0 Å². The van der Waals surface area contributed by atoms with Crippen LogP contribution in [0.25, 0.3) is 0 Å². The van der Waals surface area contributed by atoms with Crippen LogP contribution in [-0.2, 0) is 71.4 Å². The zero-order valence-electron chi connectivity index (χ0n) is 55.1. The number of rotatable bonds is 20. The molecule has 0 aromatic rings. The summed E-state index contributed by atoms with van der Waals surface area (Å²) in [5.74, 6) is -0.392. The maximum atomic E-state index is 12.5. The first kappa shape index (κ1) is 78.4. The van der Waals surface area contributed by atoms with Crippen molar-refractivity contribution in [3.8, 4) is 0 Å². The molecule has 6 aliphatic heterocycles. The molecule has 0 aromatic heterocycles. The molecule has 10 rings (SSSR count). The third-order valence-corrected chi connectivity index (χ3v) is 23.1. The quantitative estimate of drug-likeness (QED) is 0.0233. The van der Waals surface area contributed by atoms with Crippen molar-refractivity contribution < 1.29 is 180 Å². The summed E-state index contributed by atoms with van der Waals surface area (Å²) in [7, 11) is -5.13. The van der Waals surface area contributed by atoms with E-state index in [2.05, 4.69) is 40.3 Å². The van der Waals surface area contributed by atoms with Gasteiger partial charge in [-0.15, -0.1) is 0 Å². The summed E-state index contributed by atoms with van der Waals surface area (Å²) in [6.45, 7) is 16.7. The van der Waals surface area contributed by atoms with Crippen LogP contribution in [0.2, 0.25) is 0 Å². The molecule has 0 spiro atoms. The molecular formula is C62H101NaO31S. The molecule has 3 saturated carbocycles. The smallest absolute Gasteiger partial charge is 0.726 e. The van der Waals surface area contributed by atoms with Crippen LogP contribution in [0.3, 0.4) is 0 Å². The van der Waals surface area contributed by atoms with Gasteiger partial charge >= 0.3 is 29.6 Å². The number of aliphatic hydroxyl groups is 15. The summed E-state index contributed by atoms with van der Waals surface area (Å²) < 4.78 is 114. The Labute approximate surface area is 574 Å². The van der Waals surface area contributed by atoms with Crippen LogP contribution in [0.4, 0.5) is 0 Å². The van der Waals surface area contributed by atoms with Gasteiger partial charge in [0.2, 0.25) is 10.4 Å². The Morgan fingerprint density at radius 2 is 1.16 bits per heavy atom. The third-order valence-electron chi connectivity index (χ3n) is 22.6. The Balaban J connectivity index is 0.0000106. The fourth-order valence-corrected chi connectivity index (χ4v) is 17.3. The molecule has 95 heavy (non-hydrogen) atoms. The average molecular weight is 1400 g/mol. The largest absolute Gasteiger partial charge is 1.00 e. The molecule has 542 valence electrons. The molecule has 33 heteroatoms. The molecule has 10 aliphatic rings. The van der Waals surface area contributed by atoms with Gasteiger partial charge in [-0.05, 0) is 126 Å². The van der Waals surface area contributed by atoms with Gasteiger partial charge in [0.25, 0.3) is 0 Å². The number of allylic oxidation sites excluding steroid dienone is 3. The van der Waals surface area contributed by atoms with E-state index < -0.39 is 231 Å². The number of hydrogen-bond acceptors (Lipinski definition) is 31. The van der Waals surface area contributed by atoms with E-state index in [0.29, 0.717) is 32.1 Å². The molecule has 9 fully saturated rings. The third kappa shape index (κ3) is 15.9. The molecule has 0 amide bonds. The molecule has 31 nitrogen and oxygen atoms in total. The first-order chi connectivity index (χ1) is 44.0. The van der Waals surface area contributed by atoms with Crippen LogP contribution in [0.15, 0.2) is 23.8 Å². The van der Waals surface area contributed by atoms with E-state index in [1.807, 2.05) is 6.92 Å². The molecule has 6 heterocycles. The molecule has 37 atom stereocenters. The van der Waals surface area contributed by atoms with Gasteiger partial charge in [0.05, 0.1) is 55.9 Å². The first-order valence-electron chi connectivity index (χ1n) is 33.0. The van der Waals surface area contributed by atoms with Gasteiger partial charge in [-0.3, -0.25) is 4.18 Å². The number of ether oxygens (including phenoxy) is 12. The summed E-state index contributed by atoms with van der Waals surface area (Å²) in [6, 6.07) is 0. The number of aliphatic hydroxyl groups excluding tert-OH is 14. The van der Waals surface area contributed by atoms with Crippen LogP contribution in [0.5, 0.6) is 0 Å². The van der Waals surface area contributed by atoms with Gasteiger partial charge in [-0.1, -0.05) is 51.5 Å². The Hall–Kier alpha value is -0.730. The monoisotopic (exact) mass is 1400 g/mol. The van der Waals surface area contributed by atoms with E-state index in [1.165, 1.54) is 26.3 Å². The van der Waals surface area contributed by atoms with Crippen LogP contribution in [-0.4, -0.2) is 299 Å². The predicted molar refractivity (Wildman–Crippen MR) is 315 cm³/mol. The molecule has 0 radical (unpaired) electrons. The van der Waals surface area contributed by atoms with Crippen LogP contribution < -0.4 is 29.6 Å². The van der Waals surface area contributed by atoms with Gasteiger partial charge in [-0.2, -0.15) is 0 Å². The summed E-state index contributed by atoms with van der Waals surface area (Å²) >= 11 is 0. The second-order valence-electron chi connectivity index (χ2n) is 29.0. The molecule has 4 aliphatic carbocycles. The Bertz CT molecular complexity index is 2700. The molecule has 15 N–H and O–H groups in total. The van der Waals surface area contributed by atoms with Gasteiger partial charge in [0.15, 0.2) is 37.7 Å². The van der Waals surface area contributed by atoms with Gasteiger partial charge in [-0.25, -0.2) is 8.42 Å². The standard InChI is InChI=1S/C62H102O31S.Na/c1-23(2)24(3)12-17-62(9,77)37-11-10-30-29-19-34(32-18-28(93-94(78,79)80)13-15-60(32,7)31(29)14-16-61(30,37)8)86-57-49(76)51(40(67)27(6)84-57)90-58-52(92-55-46(73)43(70)38(65)25(4)83-55)42(69)36(22-82-58)88-59-53(45(72)39(66)26(5)85-59)91-54-48(75)50(33(64)21-81-54)89-56-47(74)44(71)41(68)35(20-63)87-56;/h14,23,25-30,32-59,63-77H,3,10-13,15-22H2,1-2,4-9H3,(H,78,79,80);/q;+1/p-1/t25-,26-,27-,28+,29+,30+,32-,33+,34+,35-,36-,37+,38-,39+,40-,41+,42+,43+,44+,45+,46-,47-,48-,49-,50+,51+,52-,53-,54+,55+,56+,57+,58+,59+,60-,61+,62+;/m1./s1. The van der Waals surface area contributed by atoms with Gasteiger partial charge in [0.1, 0.15) is 116 Å². The molecule has 0 aromatic carbocycles. The van der Waals surface area contributed by atoms with Crippen molar-refractivity contribution in [3.05, 3.63) is 23.8 Å². The summed E-state index contributed by atoms with van der Waals surface area (Å²) in [5, 5.41) is 168. The van der Waals surface area contributed by atoms with Crippen molar-refractivity contribution in [2.45, 2.75) is 303 Å². The van der Waals surface area contributed by atoms with E-state index in [-0.39, 0.29) is 71.5 Å². The summed E-state index contributed by atoms with van der Waals surface area (Å²) in [4.78, 5) is 0. The normalized spacial score (nSPS) is 51.1. The van der Waals surface area contributed by atoms with E-state index >= 15 is 0 Å². The van der Waals surface area contributed by atoms with E-state index in [9.17, 15) is 89.6 Å². The maximum absolute atomic E-state index is 12.5. The Morgan fingerprint density at radius 1 is 0.621 bits per heavy atom. The van der Waals surface area contributed by atoms with E-state index in [1.54, 1.807) is 0 Å². The van der Waals surface area contributed by atoms with Crippen LogP contribution >= 0.6 is 0 Å². The van der Waals surface area contributed by atoms with Crippen molar-refractivity contribution in [2.24, 2.45) is 40.4 Å². The summed E-state index contributed by atoms with van der Waals surface area (Å²) in [5.41, 5.74) is 0.208. The van der Waals surface area contributed by atoms with Gasteiger partial charge < -0.3 is 138 Å². The van der Waals surface area contributed by atoms with Gasteiger partial charge in [0, 0.05) is 0 Å². The number of hydrogen-bond donors (Lipinski definition) is 15. The Kier molecular flexibility index (Phi) is 25.5. The average Bonchev–Trinajstić information content (AvgIpc) is 1.68. The van der Waals surface area contributed by atoms with Crippen molar-refractivity contribution in [2.75, 3.05) is 19.8 Å². The van der Waals surface area contributed by atoms with E-state index in [0.717, 1.165) is 18.4 Å². The zero-order valence-corrected chi connectivity index (χ0v) is 57.9. The van der Waals surface area contributed by atoms with Crippen LogP contribution in [0, 0.1) is 40.4 Å². The molecule has 6 saturated heterocycles. The minimum absolute atomic E-state index is 0. The Morgan fingerprint density at radius 3 is 1.80 bits per heavy atom. The summed E-state index contributed by atoms with van der Waals surface area (Å²) in [6.07, 6.45) is -43.7. The fourth-order valence-electron chi connectivity index (χ4n) is 16.8. The molecule has 0 unspecified atom stereocenters. The van der Waals surface area contributed by atoms with Crippen molar-refractivity contribution in [1.29, 1.82) is 0 Å². The molecular weight excluding hydrogens is 1300 g/mol. The number of fused-ring (bicyclic) bond motifs is 5. The van der Waals surface area contributed by atoms with Crippen molar-refractivity contribution in [3.63, 3.8) is 0 Å². The van der Waals surface area contributed by atoms with Crippen molar-refractivity contribution in [1.82, 2.24) is 0 Å². The minimum atomic E-state index is -5.13. The first-order valence-corrected chi connectivity index (χ1v) is 34.3. The SMILES string of the molecule is C=C(CC[C@](C)(O)[C@H]1CC[C@H]2[C@@H]3C[C@H](O[C@@H]4O[C@H](C)[C@@H](O)[C@H](O[C@@H]5OC[C@@H](O[C@@H]6O[C@H](C)[C@H](O)[C@H](O)[C@H]6O[C@@H]6OC[C@H](O)[C@H](O[C@@H]7O[C@H](CO)[C@H](O)[C@H](O)[C@H]7O)[C@H]6O)[C@H](O)[C@H]5O[C@@H]5O[C@H](C)[C@@H](O)[C@H](O)[C@H]5O)[C@H]4O)[C@H]4C[C@@H](OS(=O)(=O)[O-])CC[C@]4(C)C3=CC[C@@]21C)C(C)C.[Na+]. The second kappa shape index (κ2) is 30.9. The second-order valence-corrected chi connectivity index (χ2v) is 30.0.